The first-order valence-corrected chi connectivity index (χ1v) is 7.15. The van der Waals surface area contributed by atoms with Gasteiger partial charge in [-0.1, -0.05) is 12.1 Å². The van der Waals surface area contributed by atoms with Crippen molar-refractivity contribution in [2.24, 2.45) is 5.73 Å². The van der Waals surface area contributed by atoms with E-state index in [0.29, 0.717) is 13.0 Å². The minimum Gasteiger partial charge on any atom is -0.508 e. The van der Waals surface area contributed by atoms with Crippen LogP contribution in [0.3, 0.4) is 0 Å². The number of hydrogen-bond donors (Lipinski definition) is 2. The molecular formula is C15H23N3O2. The van der Waals surface area contributed by atoms with Crippen LogP contribution in [0.4, 0.5) is 0 Å². The third-order valence-corrected chi connectivity index (χ3v) is 3.52. The molecule has 1 aromatic carbocycles. The molecule has 1 saturated heterocycles. The Balaban J connectivity index is 2.05. The fraction of sp³-hybridized carbons (Fsp3) is 0.533. The van der Waals surface area contributed by atoms with E-state index in [0.717, 1.165) is 31.5 Å². The Labute approximate surface area is 119 Å². The first kappa shape index (κ1) is 14.8. The summed E-state index contributed by atoms with van der Waals surface area (Å²) < 4.78 is 0. The largest absolute Gasteiger partial charge is 0.508 e. The summed E-state index contributed by atoms with van der Waals surface area (Å²) in [6.07, 6.45) is 2.35. The van der Waals surface area contributed by atoms with Gasteiger partial charge in [-0.25, -0.2) is 5.01 Å². The number of amides is 1. The number of hydrazine groups is 1. The van der Waals surface area contributed by atoms with E-state index in [-0.39, 0.29) is 17.7 Å². The second-order valence-corrected chi connectivity index (χ2v) is 5.44. The molecule has 2 rings (SSSR count). The average Bonchev–Trinajstić information content (AvgIpc) is 2.39. The molecule has 0 saturated carbocycles. The zero-order chi connectivity index (χ0) is 14.5. The highest BCUT2D eigenvalue weighted by Crippen LogP contribution is 2.19. The van der Waals surface area contributed by atoms with Crippen LogP contribution in [0.25, 0.3) is 0 Å². The molecular weight excluding hydrogens is 254 g/mol. The summed E-state index contributed by atoms with van der Waals surface area (Å²) in [5.41, 5.74) is 6.74. The highest BCUT2D eigenvalue weighted by molar-refractivity contribution is 5.76. The zero-order valence-electron chi connectivity index (χ0n) is 12.0. The van der Waals surface area contributed by atoms with Gasteiger partial charge in [0.25, 0.3) is 0 Å². The van der Waals surface area contributed by atoms with Gasteiger partial charge in [-0.15, -0.1) is 0 Å². The summed E-state index contributed by atoms with van der Waals surface area (Å²) in [7, 11) is 0. The molecule has 1 aliphatic rings. The number of carbonyl (C=O) groups is 1. The van der Waals surface area contributed by atoms with Crippen molar-refractivity contribution in [2.45, 2.75) is 38.8 Å². The Morgan fingerprint density at radius 3 is 2.95 bits per heavy atom. The smallest absolute Gasteiger partial charge is 0.237 e. The Morgan fingerprint density at radius 1 is 1.45 bits per heavy atom. The first-order chi connectivity index (χ1) is 9.56. The fourth-order valence-corrected chi connectivity index (χ4v) is 2.42. The Kier molecular flexibility index (Phi) is 4.98. The van der Waals surface area contributed by atoms with Crippen molar-refractivity contribution in [2.75, 3.05) is 13.1 Å². The van der Waals surface area contributed by atoms with Crippen LogP contribution in [0.1, 0.15) is 31.7 Å². The number of rotatable bonds is 5. The molecule has 0 radical (unpaired) electrons. The third-order valence-electron chi connectivity index (χ3n) is 3.52. The van der Waals surface area contributed by atoms with Crippen molar-refractivity contribution in [1.82, 2.24) is 10.0 Å². The van der Waals surface area contributed by atoms with E-state index >= 15 is 0 Å². The van der Waals surface area contributed by atoms with E-state index in [9.17, 15) is 9.90 Å². The third kappa shape index (κ3) is 3.95. The van der Waals surface area contributed by atoms with E-state index in [4.69, 9.17) is 5.73 Å². The Hall–Kier alpha value is -1.59. The minimum atomic E-state index is 0.134. The monoisotopic (exact) mass is 277 g/mol. The molecule has 3 N–H and O–H groups in total. The van der Waals surface area contributed by atoms with Crippen molar-refractivity contribution < 1.29 is 9.90 Å². The maximum atomic E-state index is 12.1. The zero-order valence-corrected chi connectivity index (χ0v) is 12.0. The van der Waals surface area contributed by atoms with E-state index in [1.54, 1.807) is 23.2 Å². The summed E-state index contributed by atoms with van der Waals surface area (Å²) in [5.74, 6) is 0.373. The maximum Gasteiger partial charge on any atom is 0.237 e. The predicted octanol–water partition coefficient (Wildman–Crippen LogP) is 1.47. The highest BCUT2D eigenvalue weighted by atomic mass is 16.3. The molecule has 1 fully saturated rings. The molecule has 1 unspecified atom stereocenters. The van der Waals surface area contributed by atoms with Crippen molar-refractivity contribution in [3.05, 3.63) is 29.8 Å². The molecule has 0 bridgehead atoms. The lowest BCUT2D eigenvalue weighted by Crippen LogP contribution is -2.50. The summed E-state index contributed by atoms with van der Waals surface area (Å²) in [5, 5.41) is 13.4. The summed E-state index contributed by atoms with van der Waals surface area (Å²) in [6.45, 7) is 4.16. The molecule has 0 aliphatic carbocycles. The van der Waals surface area contributed by atoms with Crippen molar-refractivity contribution in [1.29, 1.82) is 0 Å². The minimum absolute atomic E-state index is 0.134. The topological polar surface area (TPSA) is 69.8 Å². The fourth-order valence-electron chi connectivity index (χ4n) is 2.42. The second-order valence-electron chi connectivity index (χ2n) is 5.44. The van der Waals surface area contributed by atoms with Crippen LogP contribution >= 0.6 is 0 Å². The summed E-state index contributed by atoms with van der Waals surface area (Å²) in [4.78, 5) is 12.1. The number of aromatic hydroxyl groups is 1. The standard InChI is InChI=1S/C15H23N3O2/c1-12(16)7-9-17-8-3-6-15(20)18(17)11-13-4-2-5-14(19)10-13/h2,4-5,10,12,19H,3,6-9,11,16H2,1H3. The molecule has 0 spiro atoms. The quantitative estimate of drug-likeness (QED) is 0.855. The normalized spacial score (nSPS) is 18.3. The number of nitrogens with two attached hydrogens (primary N) is 1. The van der Waals surface area contributed by atoms with Gasteiger partial charge in [0.2, 0.25) is 5.91 Å². The van der Waals surface area contributed by atoms with Gasteiger partial charge in [0, 0.05) is 25.6 Å². The highest BCUT2D eigenvalue weighted by Gasteiger charge is 2.25. The van der Waals surface area contributed by atoms with Crippen molar-refractivity contribution >= 4 is 5.91 Å². The molecule has 1 aliphatic heterocycles. The van der Waals surface area contributed by atoms with Crippen molar-refractivity contribution in [3.8, 4) is 5.75 Å². The SMILES string of the molecule is CC(N)CCN1CCCC(=O)N1Cc1cccc(O)c1. The van der Waals surface area contributed by atoms with Gasteiger partial charge in [-0.05, 0) is 37.5 Å². The molecule has 20 heavy (non-hydrogen) atoms. The number of hydrogen-bond acceptors (Lipinski definition) is 4. The van der Waals surface area contributed by atoms with Gasteiger partial charge in [0.05, 0.1) is 6.54 Å². The molecule has 1 aromatic rings. The molecule has 1 atom stereocenters. The van der Waals surface area contributed by atoms with Gasteiger partial charge in [-0.3, -0.25) is 9.80 Å². The number of phenols is 1. The molecule has 110 valence electrons. The molecule has 1 amide bonds. The number of nitrogens with zero attached hydrogens (tertiary/aromatic N) is 2. The lowest BCUT2D eigenvalue weighted by molar-refractivity contribution is -0.157. The van der Waals surface area contributed by atoms with E-state index in [1.807, 2.05) is 13.0 Å². The van der Waals surface area contributed by atoms with Gasteiger partial charge >= 0.3 is 0 Å². The molecule has 5 heteroatoms. The molecule has 0 aromatic heterocycles. The van der Waals surface area contributed by atoms with E-state index < -0.39 is 0 Å². The van der Waals surface area contributed by atoms with Gasteiger partial charge in [-0.2, -0.15) is 0 Å². The number of benzene rings is 1. The van der Waals surface area contributed by atoms with Crippen LogP contribution in [-0.4, -0.2) is 40.2 Å². The van der Waals surface area contributed by atoms with E-state index in [2.05, 4.69) is 5.01 Å². The number of carbonyl (C=O) groups excluding carboxylic acids is 1. The van der Waals surface area contributed by atoms with Crippen LogP contribution in [0.5, 0.6) is 5.75 Å². The molecule has 1 heterocycles. The van der Waals surface area contributed by atoms with Crippen LogP contribution in [0.15, 0.2) is 24.3 Å². The first-order valence-electron chi connectivity index (χ1n) is 7.15. The summed E-state index contributed by atoms with van der Waals surface area (Å²) in [6, 6.07) is 7.19. The second kappa shape index (κ2) is 6.72. The van der Waals surface area contributed by atoms with Crippen LogP contribution in [0, 0.1) is 0 Å². The van der Waals surface area contributed by atoms with Gasteiger partial charge < -0.3 is 10.8 Å². The summed E-state index contributed by atoms with van der Waals surface area (Å²) >= 11 is 0. The molecule has 5 nitrogen and oxygen atoms in total. The number of phenolic OH excluding ortho intramolecular Hbond substituents is 1. The van der Waals surface area contributed by atoms with Crippen LogP contribution in [-0.2, 0) is 11.3 Å². The average molecular weight is 277 g/mol. The lowest BCUT2D eigenvalue weighted by atomic mass is 10.1. The van der Waals surface area contributed by atoms with Crippen LogP contribution < -0.4 is 5.73 Å². The van der Waals surface area contributed by atoms with Gasteiger partial charge in [0.1, 0.15) is 5.75 Å². The van der Waals surface area contributed by atoms with E-state index in [1.165, 1.54) is 0 Å². The van der Waals surface area contributed by atoms with Crippen LogP contribution in [0.2, 0.25) is 0 Å². The van der Waals surface area contributed by atoms with Gasteiger partial charge in [0.15, 0.2) is 0 Å². The van der Waals surface area contributed by atoms with Crippen molar-refractivity contribution in [3.63, 3.8) is 0 Å². The Morgan fingerprint density at radius 2 is 2.25 bits per heavy atom. The Bertz CT molecular complexity index is 462. The lowest BCUT2D eigenvalue weighted by Gasteiger charge is -2.39. The predicted molar refractivity (Wildman–Crippen MR) is 77.7 cm³/mol. The maximum absolute atomic E-state index is 12.1.